The Morgan fingerprint density at radius 3 is 3.00 bits per heavy atom. The first-order valence-electron chi connectivity index (χ1n) is 3.21. The van der Waals surface area contributed by atoms with Gasteiger partial charge in [0.15, 0.2) is 0 Å². The maximum Gasteiger partial charge on any atom is 0.330 e. The third-order valence-corrected chi connectivity index (χ3v) is 1.27. The van der Waals surface area contributed by atoms with Crippen molar-refractivity contribution in [1.82, 2.24) is 0 Å². The fourth-order valence-electron chi connectivity index (χ4n) is 0.778. The van der Waals surface area contributed by atoms with Crippen molar-refractivity contribution in [3.8, 4) is 0 Å². The monoisotopic (exact) mass is 156 g/mol. The Morgan fingerprint density at radius 2 is 2.55 bits per heavy atom. The fourth-order valence-corrected chi connectivity index (χ4v) is 0.778. The first-order valence-corrected chi connectivity index (χ1v) is 3.21. The Bertz CT molecular complexity index is 197. The molecule has 0 aromatic heterocycles. The van der Waals surface area contributed by atoms with Crippen LogP contribution in [0.3, 0.4) is 0 Å². The number of hydrogen-bond acceptors (Lipinski definition) is 4. The van der Waals surface area contributed by atoms with Gasteiger partial charge in [-0.15, -0.1) is 0 Å². The van der Waals surface area contributed by atoms with Crippen LogP contribution in [0, 0.1) is 0 Å². The average Bonchev–Trinajstić information content (AvgIpc) is 2.35. The standard InChI is InChI=1S/C7H8O4/c1-2-6(8)11-5-3-7(9)10-4-5/h2,5H,1,3-4H2. The van der Waals surface area contributed by atoms with E-state index in [4.69, 9.17) is 4.74 Å². The number of cyclic esters (lactones) is 1. The minimum absolute atomic E-state index is 0.152. The number of rotatable bonds is 2. The van der Waals surface area contributed by atoms with Crippen LogP contribution in [0.4, 0.5) is 0 Å². The highest BCUT2D eigenvalue weighted by Crippen LogP contribution is 2.09. The summed E-state index contributed by atoms with van der Waals surface area (Å²) in [6.45, 7) is 3.39. The molecule has 1 unspecified atom stereocenters. The molecule has 0 N–H and O–H groups in total. The van der Waals surface area contributed by atoms with Crippen molar-refractivity contribution in [3.05, 3.63) is 12.7 Å². The zero-order valence-electron chi connectivity index (χ0n) is 5.91. The topological polar surface area (TPSA) is 52.6 Å². The summed E-state index contributed by atoms with van der Waals surface area (Å²) in [5.74, 6) is -0.847. The van der Waals surface area contributed by atoms with Gasteiger partial charge in [0, 0.05) is 6.08 Å². The zero-order valence-corrected chi connectivity index (χ0v) is 5.91. The Balaban J connectivity index is 2.33. The lowest BCUT2D eigenvalue weighted by Crippen LogP contribution is -2.16. The summed E-state index contributed by atoms with van der Waals surface area (Å²) in [5, 5.41) is 0. The molecule has 0 aliphatic carbocycles. The first kappa shape index (κ1) is 7.78. The summed E-state index contributed by atoms with van der Waals surface area (Å²) >= 11 is 0. The predicted molar refractivity (Wildman–Crippen MR) is 35.7 cm³/mol. The summed E-state index contributed by atoms with van der Waals surface area (Å²) in [6.07, 6.45) is 0.788. The second-order valence-corrected chi connectivity index (χ2v) is 2.15. The van der Waals surface area contributed by atoms with E-state index in [0.717, 1.165) is 6.08 Å². The molecule has 4 heteroatoms. The van der Waals surface area contributed by atoms with Crippen molar-refractivity contribution in [2.24, 2.45) is 0 Å². The van der Waals surface area contributed by atoms with Crippen LogP contribution < -0.4 is 0 Å². The lowest BCUT2D eigenvalue weighted by atomic mass is 10.3. The van der Waals surface area contributed by atoms with Crippen LogP contribution in [0.1, 0.15) is 6.42 Å². The molecule has 4 nitrogen and oxygen atoms in total. The first-order chi connectivity index (χ1) is 5.22. The maximum absolute atomic E-state index is 10.6. The van der Waals surface area contributed by atoms with Crippen LogP contribution in [-0.2, 0) is 19.1 Å². The SMILES string of the molecule is C=CC(=O)OC1COC(=O)C1. The smallest absolute Gasteiger partial charge is 0.330 e. The van der Waals surface area contributed by atoms with Gasteiger partial charge in [-0.2, -0.15) is 0 Å². The molecular formula is C7H8O4. The molecular weight excluding hydrogens is 148 g/mol. The van der Waals surface area contributed by atoms with Crippen molar-refractivity contribution in [3.63, 3.8) is 0 Å². The highest BCUT2D eigenvalue weighted by Gasteiger charge is 2.26. The van der Waals surface area contributed by atoms with Gasteiger partial charge in [-0.05, 0) is 0 Å². The Hall–Kier alpha value is -1.32. The molecule has 0 aromatic carbocycles. The van der Waals surface area contributed by atoms with E-state index in [1.165, 1.54) is 0 Å². The molecule has 60 valence electrons. The minimum atomic E-state index is -0.520. The molecule has 1 heterocycles. The Labute approximate surface area is 63.8 Å². The summed E-state index contributed by atoms with van der Waals surface area (Å²) in [7, 11) is 0. The van der Waals surface area contributed by atoms with Crippen LogP contribution in [0.2, 0.25) is 0 Å². The van der Waals surface area contributed by atoms with E-state index >= 15 is 0 Å². The van der Waals surface area contributed by atoms with E-state index in [2.05, 4.69) is 11.3 Å². The van der Waals surface area contributed by atoms with E-state index in [9.17, 15) is 9.59 Å². The number of hydrogen-bond donors (Lipinski definition) is 0. The second kappa shape index (κ2) is 3.18. The summed E-state index contributed by atoms with van der Waals surface area (Å²) in [5.41, 5.74) is 0. The molecule has 0 saturated carbocycles. The third-order valence-electron chi connectivity index (χ3n) is 1.27. The van der Waals surface area contributed by atoms with E-state index in [1.54, 1.807) is 0 Å². The quantitative estimate of drug-likeness (QED) is 0.418. The van der Waals surface area contributed by atoms with Gasteiger partial charge in [0.2, 0.25) is 0 Å². The number of ether oxygens (including phenoxy) is 2. The molecule has 0 spiro atoms. The van der Waals surface area contributed by atoms with E-state index in [-0.39, 0.29) is 19.0 Å². The van der Waals surface area contributed by atoms with Gasteiger partial charge < -0.3 is 9.47 Å². The van der Waals surface area contributed by atoms with Crippen molar-refractivity contribution < 1.29 is 19.1 Å². The summed E-state index contributed by atoms with van der Waals surface area (Å²) in [6, 6.07) is 0. The molecule has 1 saturated heterocycles. The van der Waals surface area contributed by atoms with Gasteiger partial charge >= 0.3 is 11.9 Å². The molecule has 1 atom stereocenters. The lowest BCUT2D eigenvalue weighted by molar-refractivity contribution is -0.143. The van der Waals surface area contributed by atoms with E-state index in [1.807, 2.05) is 0 Å². The molecule has 0 amide bonds. The molecule has 0 aromatic rings. The predicted octanol–water partition coefficient (Wildman–Crippen LogP) is 0.0311. The fraction of sp³-hybridized carbons (Fsp3) is 0.429. The molecule has 1 aliphatic rings. The van der Waals surface area contributed by atoms with Gasteiger partial charge in [0.1, 0.15) is 12.7 Å². The Kier molecular flexibility index (Phi) is 2.25. The number of carbonyl (C=O) groups excluding carboxylic acids is 2. The van der Waals surface area contributed by atoms with Gasteiger partial charge in [0.05, 0.1) is 6.42 Å². The second-order valence-electron chi connectivity index (χ2n) is 2.15. The number of esters is 2. The highest BCUT2D eigenvalue weighted by molar-refractivity contribution is 5.82. The van der Waals surface area contributed by atoms with Crippen LogP contribution in [0.15, 0.2) is 12.7 Å². The van der Waals surface area contributed by atoms with E-state index in [0.29, 0.717) is 0 Å². The van der Waals surface area contributed by atoms with Crippen LogP contribution in [0.25, 0.3) is 0 Å². The Morgan fingerprint density at radius 1 is 1.82 bits per heavy atom. The maximum atomic E-state index is 10.6. The van der Waals surface area contributed by atoms with E-state index < -0.39 is 12.1 Å². The molecule has 0 radical (unpaired) electrons. The minimum Gasteiger partial charge on any atom is -0.462 e. The molecule has 1 rings (SSSR count). The zero-order chi connectivity index (χ0) is 8.27. The number of carbonyl (C=O) groups is 2. The van der Waals surface area contributed by atoms with Crippen LogP contribution in [-0.4, -0.2) is 24.6 Å². The molecule has 11 heavy (non-hydrogen) atoms. The van der Waals surface area contributed by atoms with Crippen LogP contribution >= 0.6 is 0 Å². The summed E-state index contributed by atoms with van der Waals surface area (Å²) < 4.78 is 9.29. The summed E-state index contributed by atoms with van der Waals surface area (Å²) in [4.78, 5) is 21.1. The third kappa shape index (κ3) is 2.07. The van der Waals surface area contributed by atoms with Gasteiger partial charge in [0.25, 0.3) is 0 Å². The molecule has 1 aliphatic heterocycles. The van der Waals surface area contributed by atoms with Crippen molar-refractivity contribution in [2.75, 3.05) is 6.61 Å². The largest absolute Gasteiger partial charge is 0.462 e. The van der Waals surface area contributed by atoms with Crippen molar-refractivity contribution in [1.29, 1.82) is 0 Å². The lowest BCUT2D eigenvalue weighted by Gasteiger charge is -2.04. The van der Waals surface area contributed by atoms with Gasteiger partial charge in [-0.1, -0.05) is 6.58 Å². The van der Waals surface area contributed by atoms with Crippen LogP contribution in [0.5, 0.6) is 0 Å². The normalized spacial score (nSPS) is 22.5. The van der Waals surface area contributed by atoms with Gasteiger partial charge in [-0.3, -0.25) is 4.79 Å². The van der Waals surface area contributed by atoms with Crippen molar-refractivity contribution in [2.45, 2.75) is 12.5 Å². The van der Waals surface area contributed by atoms with Gasteiger partial charge in [-0.25, -0.2) is 4.79 Å². The highest BCUT2D eigenvalue weighted by atomic mass is 16.6. The average molecular weight is 156 g/mol. The van der Waals surface area contributed by atoms with Crippen molar-refractivity contribution >= 4 is 11.9 Å². The molecule has 0 bridgehead atoms. The molecule has 1 fully saturated rings.